The van der Waals surface area contributed by atoms with Crippen LogP contribution in [0.15, 0.2) is 24.3 Å². The van der Waals surface area contributed by atoms with Crippen molar-refractivity contribution in [3.63, 3.8) is 0 Å². The third kappa shape index (κ3) is 2.65. The summed E-state index contributed by atoms with van der Waals surface area (Å²) >= 11 is 0. The lowest BCUT2D eigenvalue weighted by Crippen LogP contribution is -2.20. The van der Waals surface area contributed by atoms with Crippen LogP contribution in [0.4, 0.5) is 11.4 Å². The van der Waals surface area contributed by atoms with Crippen LogP contribution < -0.4 is 10.2 Å². The zero-order valence-electron chi connectivity index (χ0n) is 9.66. The lowest BCUT2D eigenvalue weighted by molar-refractivity contribution is 0.333. The van der Waals surface area contributed by atoms with E-state index < -0.39 is 0 Å². The summed E-state index contributed by atoms with van der Waals surface area (Å²) in [6.07, 6.45) is 4.23. The number of rotatable bonds is 4. The normalized spacial score (nSPS) is 15.9. The molecule has 1 aliphatic carbocycles. The van der Waals surface area contributed by atoms with Gasteiger partial charge in [-0.3, -0.25) is 0 Å². The van der Waals surface area contributed by atoms with E-state index in [4.69, 9.17) is 0 Å². The van der Waals surface area contributed by atoms with Gasteiger partial charge in [-0.1, -0.05) is 6.42 Å². The fourth-order valence-corrected chi connectivity index (χ4v) is 1.84. The molecule has 1 N–H and O–H groups in total. The van der Waals surface area contributed by atoms with Crippen LogP contribution >= 0.6 is 0 Å². The van der Waals surface area contributed by atoms with Crippen LogP contribution in [0.25, 0.3) is 0 Å². The Morgan fingerprint density at radius 2 is 1.87 bits per heavy atom. The molecule has 1 aliphatic rings. The average Bonchev–Trinajstić information content (AvgIpc) is 2.16. The number of anilines is 2. The second-order valence-corrected chi connectivity index (χ2v) is 4.62. The maximum absolute atomic E-state index is 3.49. The van der Waals surface area contributed by atoms with Crippen molar-refractivity contribution in [3.05, 3.63) is 24.3 Å². The Morgan fingerprint density at radius 3 is 2.33 bits per heavy atom. The molecule has 1 saturated carbocycles. The maximum Gasteiger partial charge on any atom is 0.0362 e. The first-order chi connectivity index (χ1) is 7.25. The molecule has 0 bridgehead atoms. The van der Waals surface area contributed by atoms with E-state index in [9.17, 15) is 0 Å². The molecule has 2 heteroatoms. The zero-order chi connectivity index (χ0) is 10.7. The van der Waals surface area contributed by atoms with Crippen LogP contribution in [-0.4, -0.2) is 20.6 Å². The van der Waals surface area contributed by atoms with Gasteiger partial charge >= 0.3 is 0 Å². The van der Waals surface area contributed by atoms with Gasteiger partial charge in [0, 0.05) is 32.0 Å². The van der Waals surface area contributed by atoms with Gasteiger partial charge in [-0.05, 0) is 43.0 Å². The summed E-state index contributed by atoms with van der Waals surface area (Å²) in [7, 11) is 4.13. The Labute approximate surface area is 92.3 Å². The fraction of sp³-hybridized carbons (Fsp3) is 0.538. The minimum atomic E-state index is 0.915. The summed E-state index contributed by atoms with van der Waals surface area (Å²) in [5.41, 5.74) is 2.50. The smallest absolute Gasteiger partial charge is 0.0362 e. The van der Waals surface area contributed by atoms with E-state index in [1.54, 1.807) is 0 Å². The van der Waals surface area contributed by atoms with E-state index in [1.807, 2.05) is 0 Å². The van der Waals surface area contributed by atoms with Crippen molar-refractivity contribution >= 4 is 11.4 Å². The molecule has 0 spiro atoms. The number of nitrogens with zero attached hydrogens (tertiary/aromatic N) is 1. The van der Waals surface area contributed by atoms with Crippen molar-refractivity contribution < 1.29 is 0 Å². The van der Waals surface area contributed by atoms with Gasteiger partial charge in [0.2, 0.25) is 0 Å². The number of nitrogens with one attached hydrogen (secondary N) is 1. The summed E-state index contributed by atoms with van der Waals surface area (Å²) in [4.78, 5) is 2.12. The van der Waals surface area contributed by atoms with Crippen molar-refractivity contribution in [1.82, 2.24) is 0 Å². The third-order valence-electron chi connectivity index (χ3n) is 3.20. The first-order valence-electron chi connectivity index (χ1n) is 5.77. The molecular weight excluding hydrogens is 184 g/mol. The molecule has 0 heterocycles. The largest absolute Gasteiger partial charge is 0.385 e. The first kappa shape index (κ1) is 10.3. The summed E-state index contributed by atoms with van der Waals surface area (Å²) < 4.78 is 0. The Morgan fingerprint density at radius 1 is 1.20 bits per heavy atom. The molecule has 0 unspecified atom stereocenters. The maximum atomic E-state index is 3.49. The van der Waals surface area contributed by atoms with Gasteiger partial charge in [-0.15, -0.1) is 0 Å². The summed E-state index contributed by atoms with van der Waals surface area (Å²) in [5.74, 6) is 0.915. The first-order valence-corrected chi connectivity index (χ1v) is 5.77. The van der Waals surface area contributed by atoms with Crippen LogP contribution in [0, 0.1) is 5.92 Å². The van der Waals surface area contributed by atoms with Crippen molar-refractivity contribution in [1.29, 1.82) is 0 Å². The van der Waals surface area contributed by atoms with E-state index >= 15 is 0 Å². The molecule has 2 nitrogen and oxygen atoms in total. The standard InChI is InChI=1S/C13H20N2/c1-15(2)13-8-6-12(7-9-13)14-10-11-4-3-5-11/h6-9,11,14H,3-5,10H2,1-2H3. The second kappa shape index (κ2) is 4.56. The Hall–Kier alpha value is -1.18. The predicted molar refractivity (Wildman–Crippen MR) is 66.6 cm³/mol. The fourth-order valence-electron chi connectivity index (χ4n) is 1.84. The van der Waals surface area contributed by atoms with Crippen LogP contribution in [0.3, 0.4) is 0 Å². The van der Waals surface area contributed by atoms with Gasteiger partial charge in [0.1, 0.15) is 0 Å². The lowest BCUT2D eigenvalue weighted by atomic mass is 9.85. The number of hydrogen-bond donors (Lipinski definition) is 1. The highest BCUT2D eigenvalue weighted by atomic mass is 15.1. The lowest BCUT2D eigenvalue weighted by Gasteiger charge is -2.26. The van der Waals surface area contributed by atoms with E-state index in [0.717, 1.165) is 12.5 Å². The molecule has 0 saturated heterocycles. The second-order valence-electron chi connectivity index (χ2n) is 4.62. The van der Waals surface area contributed by atoms with Crippen molar-refractivity contribution in [2.45, 2.75) is 19.3 Å². The van der Waals surface area contributed by atoms with Crippen molar-refractivity contribution in [2.75, 3.05) is 30.9 Å². The van der Waals surface area contributed by atoms with E-state index in [1.165, 1.54) is 30.6 Å². The van der Waals surface area contributed by atoms with E-state index in [0.29, 0.717) is 0 Å². The topological polar surface area (TPSA) is 15.3 Å². The van der Waals surface area contributed by atoms with Gasteiger partial charge in [0.05, 0.1) is 0 Å². The predicted octanol–water partition coefficient (Wildman–Crippen LogP) is 2.96. The van der Waals surface area contributed by atoms with Crippen molar-refractivity contribution in [2.24, 2.45) is 5.92 Å². The Kier molecular flexibility index (Phi) is 3.14. The molecule has 0 aliphatic heterocycles. The van der Waals surface area contributed by atoms with Crippen LogP contribution in [0.2, 0.25) is 0 Å². The Bertz CT molecular complexity index is 299. The molecule has 1 aromatic carbocycles. The molecule has 1 aromatic rings. The highest BCUT2D eigenvalue weighted by Gasteiger charge is 2.16. The molecule has 0 aromatic heterocycles. The summed E-state index contributed by atoms with van der Waals surface area (Å²) in [6.45, 7) is 1.14. The molecule has 0 amide bonds. The van der Waals surface area contributed by atoms with Crippen LogP contribution in [0.5, 0.6) is 0 Å². The van der Waals surface area contributed by atoms with E-state index in [-0.39, 0.29) is 0 Å². The number of hydrogen-bond acceptors (Lipinski definition) is 2. The van der Waals surface area contributed by atoms with Gasteiger partial charge in [-0.25, -0.2) is 0 Å². The molecule has 2 rings (SSSR count). The molecule has 15 heavy (non-hydrogen) atoms. The van der Waals surface area contributed by atoms with E-state index in [2.05, 4.69) is 48.6 Å². The third-order valence-corrected chi connectivity index (χ3v) is 3.20. The van der Waals surface area contributed by atoms with Gasteiger partial charge in [-0.2, -0.15) is 0 Å². The van der Waals surface area contributed by atoms with Crippen LogP contribution in [-0.2, 0) is 0 Å². The highest BCUT2D eigenvalue weighted by molar-refractivity contribution is 5.54. The zero-order valence-corrected chi connectivity index (χ0v) is 9.66. The highest BCUT2D eigenvalue weighted by Crippen LogP contribution is 2.26. The quantitative estimate of drug-likeness (QED) is 0.811. The number of benzene rings is 1. The SMILES string of the molecule is CN(C)c1ccc(NCC2CCC2)cc1. The molecular formula is C13H20N2. The monoisotopic (exact) mass is 204 g/mol. The molecule has 0 radical (unpaired) electrons. The van der Waals surface area contributed by atoms with Gasteiger partial charge < -0.3 is 10.2 Å². The summed E-state index contributed by atoms with van der Waals surface area (Å²) in [6, 6.07) is 8.63. The molecule has 82 valence electrons. The van der Waals surface area contributed by atoms with Gasteiger partial charge in [0.15, 0.2) is 0 Å². The minimum absolute atomic E-state index is 0.915. The molecule has 0 atom stereocenters. The summed E-state index contributed by atoms with van der Waals surface area (Å²) in [5, 5.41) is 3.49. The Balaban J connectivity index is 1.86. The molecule has 1 fully saturated rings. The van der Waals surface area contributed by atoms with Crippen LogP contribution in [0.1, 0.15) is 19.3 Å². The van der Waals surface area contributed by atoms with Gasteiger partial charge in [0.25, 0.3) is 0 Å². The average molecular weight is 204 g/mol. The minimum Gasteiger partial charge on any atom is -0.385 e. The van der Waals surface area contributed by atoms with Crippen molar-refractivity contribution in [3.8, 4) is 0 Å².